The monoisotopic (exact) mass is 1380 g/mol. The normalized spacial score (nSPS) is 11.3. The first-order chi connectivity index (χ1) is 53.1. The van der Waals surface area contributed by atoms with Crippen LogP contribution in [0.3, 0.4) is 0 Å². The molecule has 0 amide bonds. The lowest BCUT2D eigenvalue weighted by Crippen LogP contribution is -1.96. The SMILES string of the molecule is Cc1ccc2ccc3c(C)cc(-c4cccc(-c5cccc(-c6cc(-c7cccc(-c8cccc9cnccc89)c7)nc(-c7ccccc7)n6)c5)c4)nc3c2n1.Cc1ccc2ccc3c(C)cc(-c4cccc(-c5cccc(-c6nc(-c7ccccc7)cc(-c7cccc(-c8ccccc8)c7)n6)c5)c4)nc3c2n1. The van der Waals surface area contributed by atoms with Crippen molar-refractivity contribution in [3.63, 3.8) is 0 Å². The summed E-state index contributed by atoms with van der Waals surface area (Å²) in [5, 5.41) is 6.72. The molecular weight excluding hydrogens is 1320 g/mol. The molecule has 0 aliphatic heterocycles. The fraction of sp³-hybridized carbons (Fsp3) is 0.0404. The summed E-state index contributed by atoms with van der Waals surface area (Å²) in [6.45, 7) is 8.36. The highest BCUT2D eigenvalue weighted by Gasteiger charge is 2.19. The Morgan fingerprint density at radius 2 is 0.537 bits per heavy atom. The lowest BCUT2D eigenvalue weighted by atomic mass is 9.96. The molecule has 9 heteroatoms. The third-order valence-electron chi connectivity index (χ3n) is 20.2. The Kier molecular flexibility index (Phi) is 17.4. The average molecular weight is 1380 g/mol. The molecule has 0 spiro atoms. The largest absolute Gasteiger partial charge is 0.264 e. The van der Waals surface area contributed by atoms with Gasteiger partial charge in [-0.15, -0.1) is 0 Å². The van der Waals surface area contributed by atoms with E-state index in [0.29, 0.717) is 11.6 Å². The van der Waals surface area contributed by atoms with Crippen molar-refractivity contribution in [3.8, 4) is 135 Å². The van der Waals surface area contributed by atoms with E-state index in [9.17, 15) is 0 Å². The molecule has 7 aromatic heterocycles. The molecule has 0 aliphatic carbocycles. The lowest BCUT2D eigenvalue weighted by molar-refractivity contribution is 1.18. The Morgan fingerprint density at radius 3 is 1.01 bits per heavy atom. The predicted octanol–water partition coefficient (Wildman–Crippen LogP) is 24.9. The van der Waals surface area contributed by atoms with Gasteiger partial charge in [0.25, 0.3) is 0 Å². The molecule has 510 valence electrons. The topological polar surface area (TPSA) is 116 Å². The van der Waals surface area contributed by atoms with E-state index in [1.54, 1.807) is 0 Å². The molecule has 9 nitrogen and oxygen atoms in total. The van der Waals surface area contributed by atoms with Crippen molar-refractivity contribution in [2.45, 2.75) is 27.7 Å². The van der Waals surface area contributed by atoms with Crippen LogP contribution < -0.4 is 0 Å². The van der Waals surface area contributed by atoms with Gasteiger partial charge in [-0.25, -0.2) is 29.9 Å². The van der Waals surface area contributed by atoms with Crippen LogP contribution in [-0.2, 0) is 0 Å². The number of benzene rings is 12. The number of nitrogens with zero attached hydrogens (tertiary/aromatic N) is 9. The summed E-state index contributed by atoms with van der Waals surface area (Å²) in [7, 11) is 0. The van der Waals surface area contributed by atoms with E-state index in [0.717, 1.165) is 178 Å². The molecule has 0 bridgehead atoms. The summed E-state index contributed by atoms with van der Waals surface area (Å²) in [6.07, 6.45) is 3.77. The third kappa shape index (κ3) is 13.3. The second-order valence-corrected chi connectivity index (χ2v) is 27.5. The van der Waals surface area contributed by atoms with Gasteiger partial charge in [0.05, 0.1) is 56.2 Å². The van der Waals surface area contributed by atoms with Crippen molar-refractivity contribution in [1.82, 2.24) is 44.9 Å². The molecule has 0 N–H and O–H groups in total. The molecule has 0 atom stereocenters. The van der Waals surface area contributed by atoms with Gasteiger partial charge in [-0.3, -0.25) is 15.0 Å². The van der Waals surface area contributed by atoms with Gasteiger partial charge in [-0.2, -0.15) is 0 Å². The maximum atomic E-state index is 5.21. The van der Waals surface area contributed by atoms with Crippen LogP contribution in [0.2, 0.25) is 0 Å². The first-order valence-electron chi connectivity index (χ1n) is 36.4. The van der Waals surface area contributed by atoms with Crippen LogP contribution in [0.4, 0.5) is 0 Å². The Morgan fingerprint density at radius 1 is 0.194 bits per heavy atom. The summed E-state index contributed by atoms with van der Waals surface area (Å²) in [5.41, 5.74) is 30.6. The van der Waals surface area contributed by atoms with Crippen molar-refractivity contribution in [2.24, 2.45) is 0 Å². The van der Waals surface area contributed by atoms with Gasteiger partial charge < -0.3 is 0 Å². The third-order valence-corrected chi connectivity index (χ3v) is 20.2. The molecule has 108 heavy (non-hydrogen) atoms. The molecule has 0 fully saturated rings. The fourth-order valence-electron chi connectivity index (χ4n) is 14.6. The first kappa shape index (κ1) is 65.8. The van der Waals surface area contributed by atoms with Crippen LogP contribution in [0.15, 0.2) is 346 Å². The standard InChI is InChI=1S/C51H35N5.C48H34N4/c1-32-26-46(54-50-43(32)23-22-34-21-20-33(2)53-49(34)50)39-15-6-12-36(27-39)37-13-7-16-40(28-37)47-30-48(56-51(55-47)35-10-4-3-5-11-35)41-17-8-14-38(29-41)44-19-9-18-42-31-52-25-24-45(42)44;1-31-26-43(50-47-42(31)25-24-35-23-22-32(2)49-46(35)47)39-19-10-17-37(28-39)38-18-11-21-41(29-38)48-51-44(34-14-7-4-8-15-34)30-45(52-48)40-20-9-16-36(27-40)33-12-5-3-6-13-33/h3-31H,1-2H3;3-30H,1-2H3. The van der Waals surface area contributed by atoms with Crippen molar-refractivity contribution in [3.05, 3.63) is 369 Å². The van der Waals surface area contributed by atoms with Gasteiger partial charge in [0.1, 0.15) is 0 Å². The highest BCUT2D eigenvalue weighted by molar-refractivity contribution is 6.06. The minimum absolute atomic E-state index is 0.681. The molecule has 0 aliphatic rings. The van der Waals surface area contributed by atoms with Crippen LogP contribution in [0.1, 0.15) is 22.5 Å². The summed E-state index contributed by atoms with van der Waals surface area (Å²) in [4.78, 5) is 45.1. The molecular formula is C99H69N9. The molecule has 19 aromatic rings. The van der Waals surface area contributed by atoms with E-state index in [-0.39, 0.29) is 0 Å². The predicted molar refractivity (Wildman–Crippen MR) is 445 cm³/mol. The van der Waals surface area contributed by atoms with Gasteiger partial charge in [0.15, 0.2) is 11.6 Å². The second kappa shape index (κ2) is 28.5. The molecule has 19 rings (SSSR count). The quantitative estimate of drug-likeness (QED) is 0.110. The van der Waals surface area contributed by atoms with Gasteiger partial charge >= 0.3 is 0 Å². The van der Waals surface area contributed by atoms with Crippen LogP contribution in [0, 0.1) is 27.7 Å². The van der Waals surface area contributed by atoms with E-state index in [1.807, 2.05) is 68.7 Å². The van der Waals surface area contributed by atoms with Gasteiger partial charge in [-0.1, -0.05) is 255 Å². The number of aromatic nitrogens is 9. The molecule has 0 unspecified atom stereocenters. The van der Waals surface area contributed by atoms with E-state index < -0.39 is 0 Å². The average Bonchev–Trinajstić information content (AvgIpc) is 0.770. The Labute approximate surface area is 626 Å². The van der Waals surface area contributed by atoms with Gasteiger partial charge in [-0.05, 0) is 168 Å². The number of aryl methyl sites for hydroxylation is 4. The van der Waals surface area contributed by atoms with E-state index >= 15 is 0 Å². The molecule has 0 saturated carbocycles. The zero-order valence-electron chi connectivity index (χ0n) is 59.9. The maximum absolute atomic E-state index is 5.21. The van der Waals surface area contributed by atoms with E-state index in [2.05, 4.69) is 310 Å². The van der Waals surface area contributed by atoms with Crippen LogP contribution in [-0.4, -0.2) is 44.9 Å². The lowest BCUT2D eigenvalue weighted by Gasteiger charge is -2.13. The Bertz CT molecular complexity index is 6670. The van der Waals surface area contributed by atoms with Crippen molar-refractivity contribution < 1.29 is 0 Å². The number of pyridine rings is 5. The van der Waals surface area contributed by atoms with E-state index in [1.165, 1.54) is 22.1 Å². The Hall–Kier alpha value is -14.2. The number of rotatable bonds is 12. The minimum Gasteiger partial charge on any atom is -0.264 e. The number of hydrogen-bond acceptors (Lipinski definition) is 9. The van der Waals surface area contributed by atoms with Crippen molar-refractivity contribution in [1.29, 1.82) is 0 Å². The van der Waals surface area contributed by atoms with Gasteiger partial charge in [0.2, 0.25) is 0 Å². The summed E-state index contributed by atoms with van der Waals surface area (Å²) < 4.78 is 0. The number of hydrogen-bond donors (Lipinski definition) is 0. The highest BCUT2D eigenvalue weighted by atomic mass is 14.9. The summed E-state index contributed by atoms with van der Waals surface area (Å²) in [6, 6.07) is 116. The fourth-order valence-corrected chi connectivity index (χ4v) is 14.6. The zero-order valence-corrected chi connectivity index (χ0v) is 59.9. The van der Waals surface area contributed by atoms with Crippen molar-refractivity contribution in [2.75, 3.05) is 0 Å². The first-order valence-corrected chi connectivity index (χ1v) is 36.4. The summed E-state index contributed by atoms with van der Waals surface area (Å²) in [5.74, 6) is 1.36. The molecule has 0 radical (unpaired) electrons. The molecule has 7 heterocycles. The highest BCUT2D eigenvalue weighted by Crippen LogP contribution is 2.39. The number of fused-ring (bicyclic) bond motifs is 7. The van der Waals surface area contributed by atoms with Crippen LogP contribution in [0.5, 0.6) is 0 Å². The van der Waals surface area contributed by atoms with E-state index in [4.69, 9.17) is 39.9 Å². The van der Waals surface area contributed by atoms with Crippen LogP contribution >= 0.6 is 0 Å². The maximum Gasteiger partial charge on any atom is 0.160 e. The Balaban J connectivity index is 0.000000153. The molecule has 12 aromatic carbocycles. The summed E-state index contributed by atoms with van der Waals surface area (Å²) >= 11 is 0. The smallest absolute Gasteiger partial charge is 0.160 e. The van der Waals surface area contributed by atoms with Crippen molar-refractivity contribution >= 4 is 54.4 Å². The minimum atomic E-state index is 0.681. The zero-order chi connectivity index (χ0) is 72.6. The molecule has 0 saturated heterocycles. The van der Waals surface area contributed by atoms with Gasteiger partial charge in [0, 0.05) is 95.2 Å². The van der Waals surface area contributed by atoms with Crippen LogP contribution in [0.25, 0.3) is 189 Å². The second-order valence-electron chi connectivity index (χ2n) is 27.5.